The van der Waals surface area contributed by atoms with E-state index in [1.807, 2.05) is 31.2 Å². The normalized spacial score (nSPS) is 12.1. The number of hydrogen-bond acceptors (Lipinski definition) is 1. The maximum Gasteiger partial charge on any atom is 0.0787 e. The van der Waals surface area contributed by atoms with Gasteiger partial charge in [0, 0.05) is 5.56 Å². The molecule has 1 N–H and O–H groups in total. The second-order valence-electron chi connectivity index (χ2n) is 2.69. The fraction of sp³-hybridized carbons (Fsp3) is 0.273. The molecule has 12 heavy (non-hydrogen) atoms. The minimum atomic E-state index is -0.364. The molecule has 1 rings (SSSR count). The highest BCUT2D eigenvalue weighted by Crippen LogP contribution is 2.15. The molecule has 0 aliphatic carbocycles. The summed E-state index contributed by atoms with van der Waals surface area (Å²) in [5.41, 5.74) is 1.78. The van der Waals surface area contributed by atoms with Gasteiger partial charge in [-0.2, -0.15) is 0 Å². The Hall–Kier alpha value is -1.26. The fourth-order valence-corrected chi connectivity index (χ4v) is 1.04. The summed E-state index contributed by atoms with van der Waals surface area (Å²) in [6.07, 6.45) is 5.56. The summed E-state index contributed by atoms with van der Waals surface area (Å²) in [5, 5.41) is 9.44. The van der Waals surface area contributed by atoms with Crippen LogP contribution in [-0.4, -0.2) is 5.11 Å². The van der Waals surface area contributed by atoms with E-state index >= 15 is 0 Å². The van der Waals surface area contributed by atoms with Crippen molar-refractivity contribution in [2.45, 2.75) is 19.4 Å². The van der Waals surface area contributed by atoms with Gasteiger partial charge in [0.05, 0.1) is 6.10 Å². The highest BCUT2D eigenvalue weighted by atomic mass is 16.3. The molecule has 62 valence electrons. The SMILES string of the molecule is C#Cc1ccc([C@H](O)CC)cc1. The van der Waals surface area contributed by atoms with E-state index in [4.69, 9.17) is 6.42 Å². The Morgan fingerprint density at radius 1 is 1.42 bits per heavy atom. The lowest BCUT2D eigenvalue weighted by atomic mass is 10.1. The van der Waals surface area contributed by atoms with Gasteiger partial charge in [-0.15, -0.1) is 6.42 Å². The molecule has 1 atom stereocenters. The third-order valence-electron chi connectivity index (χ3n) is 1.85. The molecule has 0 radical (unpaired) electrons. The van der Waals surface area contributed by atoms with Gasteiger partial charge in [0.25, 0.3) is 0 Å². The number of aliphatic hydroxyl groups excluding tert-OH is 1. The molecule has 0 spiro atoms. The van der Waals surface area contributed by atoms with Crippen molar-refractivity contribution >= 4 is 0 Å². The molecule has 0 aliphatic rings. The Labute approximate surface area is 73.0 Å². The van der Waals surface area contributed by atoms with Crippen LogP contribution < -0.4 is 0 Å². The van der Waals surface area contributed by atoms with Crippen LogP contribution in [0.4, 0.5) is 0 Å². The van der Waals surface area contributed by atoms with E-state index < -0.39 is 0 Å². The van der Waals surface area contributed by atoms with Crippen LogP contribution in [0.5, 0.6) is 0 Å². The van der Waals surface area contributed by atoms with Gasteiger partial charge in [0.1, 0.15) is 0 Å². The van der Waals surface area contributed by atoms with E-state index in [-0.39, 0.29) is 6.10 Å². The third kappa shape index (κ3) is 1.87. The van der Waals surface area contributed by atoms with E-state index in [1.165, 1.54) is 0 Å². The predicted octanol–water partition coefficient (Wildman–Crippen LogP) is 2.11. The average molecular weight is 160 g/mol. The average Bonchev–Trinajstić information content (AvgIpc) is 2.17. The van der Waals surface area contributed by atoms with Gasteiger partial charge in [0.2, 0.25) is 0 Å². The van der Waals surface area contributed by atoms with Gasteiger partial charge in [-0.25, -0.2) is 0 Å². The largest absolute Gasteiger partial charge is 0.388 e. The molecule has 0 bridgehead atoms. The molecule has 0 aliphatic heterocycles. The first-order valence-electron chi connectivity index (χ1n) is 4.02. The molecular formula is C11H12O. The van der Waals surface area contributed by atoms with Gasteiger partial charge in [-0.3, -0.25) is 0 Å². The van der Waals surface area contributed by atoms with Crippen molar-refractivity contribution in [3.63, 3.8) is 0 Å². The first-order valence-corrected chi connectivity index (χ1v) is 4.02. The lowest BCUT2D eigenvalue weighted by Crippen LogP contribution is -1.94. The molecule has 0 heterocycles. The second kappa shape index (κ2) is 3.94. The lowest BCUT2D eigenvalue weighted by molar-refractivity contribution is 0.173. The fourth-order valence-electron chi connectivity index (χ4n) is 1.04. The second-order valence-corrected chi connectivity index (χ2v) is 2.69. The standard InChI is InChI=1S/C11H12O/c1-3-9-5-7-10(8-6-9)11(12)4-2/h1,5-8,11-12H,4H2,2H3/t11-/m1/s1. The van der Waals surface area contributed by atoms with Gasteiger partial charge >= 0.3 is 0 Å². The maximum absolute atomic E-state index is 9.44. The molecule has 1 aromatic rings. The molecule has 0 saturated heterocycles. The Kier molecular flexibility index (Phi) is 2.90. The van der Waals surface area contributed by atoms with E-state index in [0.29, 0.717) is 0 Å². The van der Waals surface area contributed by atoms with E-state index in [2.05, 4.69) is 5.92 Å². The van der Waals surface area contributed by atoms with Gasteiger partial charge in [-0.1, -0.05) is 25.0 Å². The molecule has 1 heteroatoms. The van der Waals surface area contributed by atoms with Crippen molar-refractivity contribution in [3.8, 4) is 12.3 Å². The monoisotopic (exact) mass is 160 g/mol. The first kappa shape index (κ1) is 8.83. The molecule has 0 amide bonds. The molecule has 1 nitrogen and oxygen atoms in total. The van der Waals surface area contributed by atoms with Crippen molar-refractivity contribution < 1.29 is 5.11 Å². The van der Waals surface area contributed by atoms with Crippen LogP contribution in [0, 0.1) is 12.3 Å². The van der Waals surface area contributed by atoms with Crippen LogP contribution >= 0.6 is 0 Å². The van der Waals surface area contributed by atoms with Crippen LogP contribution in [-0.2, 0) is 0 Å². The predicted molar refractivity (Wildman–Crippen MR) is 49.6 cm³/mol. The molecular weight excluding hydrogens is 148 g/mol. The van der Waals surface area contributed by atoms with Gasteiger partial charge < -0.3 is 5.11 Å². The van der Waals surface area contributed by atoms with Crippen molar-refractivity contribution in [2.24, 2.45) is 0 Å². The van der Waals surface area contributed by atoms with E-state index in [0.717, 1.165) is 17.5 Å². The van der Waals surface area contributed by atoms with Crippen molar-refractivity contribution in [1.29, 1.82) is 0 Å². The Balaban J connectivity index is 2.86. The quantitative estimate of drug-likeness (QED) is 0.657. The van der Waals surface area contributed by atoms with Crippen LogP contribution in [0.1, 0.15) is 30.6 Å². The molecule has 0 unspecified atom stereocenters. The van der Waals surface area contributed by atoms with Gasteiger partial charge in [-0.05, 0) is 24.1 Å². The van der Waals surface area contributed by atoms with Crippen LogP contribution in [0.3, 0.4) is 0 Å². The minimum Gasteiger partial charge on any atom is -0.388 e. The third-order valence-corrected chi connectivity index (χ3v) is 1.85. The Bertz CT molecular complexity index is 279. The van der Waals surface area contributed by atoms with Crippen LogP contribution in [0.15, 0.2) is 24.3 Å². The molecule has 0 saturated carbocycles. The summed E-state index contributed by atoms with van der Waals surface area (Å²) >= 11 is 0. The number of aliphatic hydroxyl groups is 1. The number of rotatable bonds is 2. The zero-order valence-electron chi connectivity index (χ0n) is 7.12. The van der Waals surface area contributed by atoms with E-state index in [1.54, 1.807) is 0 Å². The minimum absolute atomic E-state index is 0.364. The Morgan fingerprint density at radius 2 is 2.00 bits per heavy atom. The lowest BCUT2D eigenvalue weighted by Gasteiger charge is -2.06. The zero-order valence-corrected chi connectivity index (χ0v) is 7.12. The molecule has 0 fully saturated rings. The van der Waals surface area contributed by atoms with Crippen molar-refractivity contribution in [2.75, 3.05) is 0 Å². The summed E-state index contributed by atoms with van der Waals surface area (Å²) in [6.45, 7) is 1.94. The van der Waals surface area contributed by atoms with E-state index in [9.17, 15) is 5.11 Å². The summed E-state index contributed by atoms with van der Waals surface area (Å²) in [7, 11) is 0. The van der Waals surface area contributed by atoms with Crippen molar-refractivity contribution in [1.82, 2.24) is 0 Å². The molecule has 0 aromatic heterocycles. The number of hydrogen-bond donors (Lipinski definition) is 1. The van der Waals surface area contributed by atoms with Crippen molar-refractivity contribution in [3.05, 3.63) is 35.4 Å². The molecule has 1 aromatic carbocycles. The van der Waals surface area contributed by atoms with Crippen LogP contribution in [0.25, 0.3) is 0 Å². The highest BCUT2D eigenvalue weighted by Gasteiger charge is 2.02. The zero-order chi connectivity index (χ0) is 8.97. The number of benzene rings is 1. The number of terminal acetylenes is 1. The summed E-state index contributed by atoms with van der Waals surface area (Å²) < 4.78 is 0. The Morgan fingerprint density at radius 3 is 2.42 bits per heavy atom. The summed E-state index contributed by atoms with van der Waals surface area (Å²) in [5.74, 6) is 2.53. The van der Waals surface area contributed by atoms with Crippen LogP contribution in [0.2, 0.25) is 0 Å². The topological polar surface area (TPSA) is 20.2 Å². The highest BCUT2D eigenvalue weighted by molar-refractivity contribution is 5.34. The summed E-state index contributed by atoms with van der Waals surface area (Å²) in [6, 6.07) is 7.41. The van der Waals surface area contributed by atoms with Gasteiger partial charge in [0.15, 0.2) is 0 Å². The summed E-state index contributed by atoms with van der Waals surface area (Å²) in [4.78, 5) is 0. The first-order chi connectivity index (χ1) is 5.77. The maximum atomic E-state index is 9.44. The smallest absolute Gasteiger partial charge is 0.0787 e.